The van der Waals surface area contributed by atoms with Gasteiger partial charge in [0.05, 0.1) is 13.2 Å². The lowest BCUT2D eigenvalue weighted by molar-refractivity contribution is 0.0342. The third-order valence-electron chi connectivity index (χ3n) is 6.06. The van der Waals surface area contributed by atoms with Crippen molar-refractivity contribution in [3.63, 3.8) is 0 Å². The highest BCUT2D eigenvalue weighted by Crippen LogP contribution is 2.32. The van der Waals surface area contributed by atoms with Crippen molar-refractivity contribution in [2.24, 2.45) is 0 Å². The average molecular weight is 484 g/mol. The zero-order chi connectivity index (χ0) is 24.3. The molecule has 0 unspecified atom stereocenters. The number of nitrogens with zero attached hydrogens (tertiary/aromatic N) is 7. The van der Waals surface area contributed by atoms with Crippen LogP contribution in [-0.2, 0) is 11.3 Å². The van der Waals surface area contributed by atoms with Crippen molar-refractivity contribution in [1.82, 2.24) is 35.0 Å². The Morgan fingerprint density at radius 1 is 0.889 bits per heavy atom. The quantitative estimate of drug-likeness (QED) is 0.358. The molecular weight excluding hydrogens is 461 g/mol. The van der Waals surface area contributed by atoms with Crippen molar-refractivity contribution in [3.8, 4) is 39.9 Å². The normalized spacial score (nSPS) is 14.2. The van der Waals surface area contributed by atoms with Crippen LogP contribution in [0.15, 0.2) is 77.6 Å². The smallest absolute Gasteiger partial charge is 0.281 e. The van der Waals surface area contributed by atoms with Gasteiger partial charge in [0.1, 0.15) is 17.2 Å². The second-order valence-electron chi connectivity index (χ2n) is 8.39. The second-order valence-corrected chi connectivity index (χ2v) is 8.39. The first-order valence-corrected chi connectivity index (χ1v) is 11.6. The van der Waals surface area contributed by atoms with Gasteiger partial charge in [-0.3, -0.25) is 9.88 Å². The third-order valence-corrected chi connectivity index (χ3v) is 6.06. The molecule has 180 valence electrons. The summed E-state index contributed by atoms with van der Waals surface area (Å²) in [6.45, 7) is 4.28. The summed E-state index contributed by atoms with van der Waals surface area (Å²) in [4.78, 5) is 11.0. The molecule has 2 aromatic carbocycles. The first kappa shape index (κ1) is 22.2. The number of para-hydroxylation sites is 1. The van der Waals surface area contributed by atoms with Gasteiger partial charge in [-0.1, -0.05) is 46.8 Å². The molecule has 1 aliphatic heterocycles. The van der Waals surface area contributed by atoms with E-state index in [1.54, 1.807) is 42.7 Å². The van der Waals surface area contributed by atoms with E-state index in [2.05, 4.69) is 42.5 Å². The monoisotopic (exact) mass is 483 g/mol. The van der Waals surface area contributed by atoms with Crippen molar-refractivity contribution in [2.75, 3.05) is 26.3 Å². The number of halogens is 1. The topological polar surface area (TPSA) is 95.0 Å². The van der Waals surface area contributed by atoms with E-state index in [1.165, 1.54) is 16.3 Å². The van der Waals surface area contributed by atoms with Crippen LogP contribution in [0, 0.1) is 5.82 Å². The SMILES string of the molecule is Fc1ccccc1-n1nnc(-c2nc(-c3ccc(CN4CCOCC4)cc3)no2)c1-c1ccncc1. The summed E-state index contributed by atoms with van der Waals surface area (Å²) in [7, 11) is 0. The van der Waals surface area contributed by atoms with Crippen molar-refractivity contribution in [3.05, 3.63) is 84.4 Å². The van der Waals surface area contributed by atoms with Crippen LogP contribution in [0.2, 0.25) is 0 Å². The molecule has 10 heteroatoms. The fourth-order valence-electron chi connectivity index (χ4n) is 4.20. The van der Waals surface area contributed by atoms with Crippen LogP contribution >= 0.6 is 0 Å². The van der Waals surface area contributed by atoms with Gasteiger partial charge in [-0.25, -0.2) is 9.07 Å². The predicted molar refractivity (Wildman–Crippen MR) is 129 cm³/mol. The van der Waals surface area contributed by atoms with E-state index in [1.807, 2.05) is 12.1 Å². The van der Waals surface area contributed by atoms with Gasteiger partial charge >= 0.3 is 0 Å². The Balaban J connectivity index is 1.32. The number of pyridine rings is 1. The molecular formula is C26H22FN7O2. The van der Waals surface area contributed by atoms with E-state index < -0.39 is 5.82 Å². The lowest BCUT2D eigenvalue weighted by Gasteiger charge is -2.26. The molecule has 0 bridgehead atoms. The van der Waals surface area contributed by atoms with Crippen LogP contribution in [0.25, 0.3) is 39.9 Å². The minimum atomic E-state index is -0.423. The van der Waals surface area contributed by atoms with Crippen LogP contribution in [0.3, 0.4) is 0 Å². The van der Waals surface area contributed by atoms with Gasteiger partial charge in [0.2, 0.25) is 5.82 Å². The Kier molecular flexibility index (Phi) is 6.02. The zero-order valence-corrected chi connectivity index (χ0v) is 19.3. The maximum Gasteiger partial charge on any atom is 0.281 e. The van der Waals surface area contributed by atoms with Crippen LogP contribution in [0.4, 0.5) is 4.39 Å². The summed E-state index contributed by atoms with van der Waals surface area (Å²) in [5, 5.41) is 12.7. The van der Waals surface area contributed by atoms with E-state index in [9.17, 15) is 4.39 Å². The van der Waals surface area contributed by atoms with Gasteiger partial charge in [-0.2, -0.15) is 4.98 Å². The highest BCUT2D eigenvalue weighted by molar-refractivity contribution is 5.76. The summed E-state index contributed by atoms with van der Waals surface area (Å²) in [6, 6.07) is 18.1. The van der Waals surface area contributed by atoms with E-state index >= 15 is 0 Å². The van der Waals surface area contributed by atoms with Gasteiger partial charge in [0.15, 0.2) is 5.69 Å². The Morgan fingerprint density at radius 2 is 1.67 bits per heavy atom. The van der Waals surface area contributed by atoms with Crippen LogP contribution < -0.4 is 0 Å². The standard InChI is InChI=1S/C26H22FN7O2/c27-21-3-1-2-4-22(21)34-24(19-9-11-28-12-10-19)23(30-32-34)26-29-25(31-36-26)20-7-5-18(6-8-20)17-33-13-15-35-16-14-33/h1-12H,13-17H2. The molecule has 6 rings (SSSR count). The molecule has 4 heterocycles. The molecule has 0 amide bonds. The van der Waals surface area contributed by atoms with Crippen LogP contribution in [-0.4, -0.2) is 61.3 Å². The number of hydrogen-bond donors (Lipinski definition) is 0. The lowest BCUT2D eigenvalue weighted by atomic mass is 10.1. The summed E-state index contributed by atoms with van der Waals surface area (Å²) in [5.41, 5.74) is 3.91. The van der Waals surface area contributed by atoms with Crippen molar-refractivity contribution in [1.29, 1.82) is 0 Å². The molecule has 5 aromatic rings. The zero-order valence-electron chi connectivity index (χ0n) is 19.3. The number of hydrogen-bond acceptors (Lipinski definition) is 8. The minimum absolute atomic E-state index is 0.191. The summed E-state index contributed by atoms with van der Waals surface area (Å²) in [6.07, 6.45) is 3.30. The number of rotatable bonds is 6. The molecule has 1 saturated heterocycles. The van der Waals surface area contributed by atoms with Crippen LogP contribution in [0.1, 0.15) is 5.56 Å². The maximum atomic E-state index is 14.6. The van der Waals surface area contributed by atoms with Gasteiger partial charge in [-0.05, 0) is 29.8 Å². The molecule has 1 fully saturated rings. The highest BCUT2D eigenvalue weighted by Gasteiger charge is 2.24. The summed E-state index contributed by atoms with van der Waals surface area (Å²) >= 11 is 0. The number of aromatic nitrogens is 6. The van der Waals surface area contributed by atoms with Crippen molar-refractivity contribution < 1.29 is 13.7 Å². The first-order valence-electron chi connectivity index (χ1n) is 11.6. The van der Waals surface area contributed by atoms with Crippen molar-refractivity contribution in [2.45, 2.75) is 6.54 Å². The molecule has 0 aliphatic carbocycles. The van der Waals surface area contributed by atoms with E-state index in [4.69, 9.17) is 9.26 Å². The number of benzene rings is 2. The number of ether oxygens (including phenoxy) is 1. The first-order chi connectivity index (χ1) is 17.8. The average Bonchev–Trinajstić information content (AvgIpc) is 3.58. The maximum absolute atomic E-state index is 14.6. The molecule has 36 heavy (non-hydrogen) atoms. The third kappa shape index (κ3) is 4.39. The Bertz CT molecular complexity index is 1460. The Morgan fingerprint density at radius 3 is 2.44 bits per heavy atom. The van der Waals surface area contributed by atoms with Gasteiger partial charge in [-0.15, -0.1) is 5.10 Å². The largest absolute Gasteiger partial charge is 0.379 e. The fraction of sp³-hybridized carbons (Fsp3) is 0.192. The highest BCUT2D eigenvalue weighted by atomic mass is 19.1. The van der Waals surface area contributed by atoms with Gasteiger partial charge in [0.25, 0.3) is 5.89 Å². The molecule has 9 nitrogen and oxygen atoms in total. The van der Waals surface area contributed by atoms with Crippen molar-refractivity contribution >= 4 is 0 Å². The molecule has 0 N–H and O–H groups in total. The van der Waals surface area contributed by atoms with E-state index in [0.717, 1.165) is 44.0 Å². The fourth-order valence-corrected chi connectivity index (χ4v) is 4.20. The minimum Gasteiger partial charge on any atom is -0.379 e. The molecule has 1 aliphatic rings. The van der Waals surface area contributed by atoms with E-state index in [0.29, 0.717) is 17.2 Å². The lowest BCUT2D eigenvalue weighted by Crippen LogP contribution is -2.35. The van der Waals surface area contributed by atoms with Gasteiger partial charge in [0, 0.05) is 43.2 Å². The number of morpholine rings is 1. The molecule has 0 spiro atoms. The second kappa shape index (κ2) is 9.76. The Hall–Kier alpha value is -4.28. The molecule has 0 atom stereocenters. The van der Waals surface area contributed by atoms with E-state index in [-0.39, 0.29) is 11.6 Å². The Labute approximate surface area is 206 Å². The summed E-state index contributed by atoms with van der Waals surface area (Å²) < 4.78 is 27.1. The van der Waals surface area contributed by atoms with Gasteiger partial charge < -0.3 is 9.26 Å². The summed E-state index contributed by atoms with van der Waals surface area (Å²) in [5.74, 6) is 0.202. The molecule has 0 radical (unpaired) electrons. The molecule has 0 saturated carbocycles. The molecule has 3 aromatic heterocycles. The predicted octanol–water partition coefficient (Wildman–Crippen LogP) is 4.02. The van der Waals surface area contributed by atoms with Crippen LogP contribution in [0.5, 0.6) is 0 Å².